The second-order valence-electron chi connectivity index (χ2n) is 5.22. The zero-order valence-electron chi connectivity index (χ0n) is 10.1. The summed E-state index contributed by atoms with van der Waals surface area (Å²) in [6.45, 7) is 1.75. The second-order valence-corrected chi connectivity index (χ2v) is 5.22. The van der Waals surface area contributed by atoms with E-state index in [0.717, 1.165) is 13.1 Å². The minimum absolute atomic E-state index is 0.240. The molecule has 1 aliphatic carbocycles. The van der Waals surface area contributed by atoms with Crippen molar-refractivity contribution in [3.8, 4) is 0 Å². The van der Waals surface area contributed by atoms with Crippen molar-refractivity contribution >= 4 is 5.91 Å². The van der Waals surface area contributed by atoms with Crippen LogP contribution in [0.2, 0.25) is 0 Å². The lowest BCUT2D eigenvalue weighted by Gasteiger charge is -2.36. The Morgan fingerprint density at radius 1 is 1.41 bits per heavy atom. The lowest BCUT2D eigenvalue weighted by atomic mass is 9.73. The first kappa shape index (κ1) is 10.8. The monoisotopic (exact) mass is 230 g/mol. The van der Waals surface area contributed by atoms with E-state index in [1.807, 2.05) is 30.1 Å². The molecule has 1 amide bonds. The molecule has 3 nitrogen and oxygen atoms in total. The van der Waals surface area contributed by atoms with E-state index in [9.17, 15) is 4.79 Å². The Labute approximate surface area is 102 Å². The van der Waals surface area contributed by atoms with Gasteiger partial charge < -0.3 is 10.2 Å². The number of nitrogens with zero attached hydrogens (tertiary/aromatic N) is 1. The normalized spacial score (nSPS) is 29.8. The van der Waals surface area contributed by atoms with Gasteiger partial charge in [0.1, 0.15) is 0 Å². The van der Waals surface area contributed by atoms with Crippen molar-refractivity contribution in [2.24, 2.45) is 11.8 Å². The number of nitrogens with one attached hydrogen (secondary N) is 1. The summed E-state index contributed by atoms with van der Waals surface area (Å²) in [7, 11) is 1.91. The first-order valence-corrected chi connectivity index (χ1v) is 6.28. The fraction of sp³-hybridized carbons (Fsp3) is 0.500. The van der Waals surface area contributed by atoms with Crippen LogP contribution in [0.4, 0.5) is 0 Å². The highest BCUT2D eigenvalue weighted by molar-refractivity contribution is 5.81. The van der Waals surface area contributed by atoms with Crippen molar-refractivity contribution in [1.82, 2.24) is 10.2 Å². The highest BCUT2D eigenvalue weighted by Gasteiger charge is 2.51. The Balaban J connectivity index is 1.63. The molecule has 2 aliphatic heterocycles. The lowest BCUT2D eigenvalue weighted by molar-refractivity contribution is -0.139. The van der Waals surface area contributed by atoms with Crippen molar-refractivity contribution in [2.45, 2.75) is 19.0 Å². The van der Waals surface area contributed by atoms with Crippen LogP contribution in [-0.2, 0) is 11.3 Å². The van der Waals surface area contributed by atoms with Gasteiger partial charge in [0.25, 0.3) is 0 Å². The van der Waals surface area contributed by atoms with E-state index < -0.39 is 0 Å². The molecule has 0 spiro atoms. The number of rotatable bonds is 3. The molecule has 3 atom stereocenters. The van der Waals surface area contributed by atoms with Gasteiger partial charge >= 0.3 is 0 Å². The molecule has 3 fully saturated rings. The van der Waals surface area contributed by atoms with Crippen molar-refractivity contribution in [1.29, 1.82) is 0 Å². The van der Waals surface area contributed by atoms with Gasteiger partial charge in [-0.3, -0.25) is 4.79 Å². The Morgan fingerprint density at radius 2 is 2.18 bits per heavy atom. The standard InChI is InChI=1S/C14H18N2O/c1-16(9-10-5-3-2-4-6-10)14(17)13-11-7-12(13)15-8-11/h2-6,11-13,15H,7-9H2,1H3. The molecule has 17 heavy (non-hydrogen) atoms. The first-order chi connectivity index (χ1) is 8.25. The molecule has 0 radical (unpaired) electrons. The number of hydrogen-bond acceptors (Lipinski definition) is 2. The minimum Gasteiger partial charge on any atom is -0.341 e. The molecule has 3 unspecified atom stereocenters. The van der Waals surface area contributed by atoms with Gasteiger partial charge in [0.2, 0.25) is 5.91 Å². The van der Waals surface area contributed by atoms with E-state index in [1.54, 1.807) is 0 Å². The van der Waals surface area contributed by atoms with E-state index >= 15 is 0 Å². The summed E-state index contributed by atoms with van der Waals surface area (Å²) in [4.78, 5) is 14.1. The number of carbonyl (C=O) groups is 1. The van der Waals surface area contributed by atoms with Gasteiger partial charge in [0.05, 0.1) is 5.92 Å². The number of hydrogen-bond donors (Lipinski definition) is 1. The number of fused-ring (bicyclic) bond motifs is 1. The third-order valence-electron chi connectivity index (χ3n) is 4.06. The van der Waals surface area contributed by atoms with Crippen LogP contribution in [0.5, 0.6) is 0 Å². The quantitative estimate of drug-likeness (QED) is 0.847. The Bertz CT molecular complexity index is 403. The third kappa shape index (κ3) is 1.84. The molecule has 2 heterocycles. The van der Waals surface area contributed by atoms with Crippen molar-refractivity contribution < 1.29 is 4.79 Å². The van der Waals surface area contributed by atoms with Crippen LogP contribution in [0.25, 0.3) is 0 Å². The van der Waals surface area contributed by atoms with Gasteiger partial charge in [0, 0.05) is 19.6 Å². The topological polar surface area (TPSA) is 32.3 Å². The molecular formula is C14H18N2O. The van der Waals surface area contributed by atoms with Gasteiger partial charge in [-0.25, -0.2) is 0 Å². The first-order valence-electron chi connectivity index (χ1n) is 6.28. The van der Waals surface area contributed by atoms with Gasteiger partial charge in [-0.05, 0) is 24.4 Å². The van der Waals surface area contributed by atoms with Crippen molar-refractivity contribution in [3.63, 3.8) is 0 Å². The summed E-state index contributed by atoms with van der Waals surface area (Å²) in [6.07, 6.45) is 1.19. The molecule has 2 saturated heterocycles. The summed E-state index contributed by atoms with van der Waals surface area (Å²) in [5, 5.41) is 3.40. The number of carbonyl (C=O) groups excluding carboxylic acids is 1. The van der Waals surface area contributed by atoms with Crippen molar-refractivity contribution in [2.75, 3.05) is 13.6 Å². The second kappa shape index (κ2) is 4.15. The highest BCUT2D eigenvalue weighted by atomic mass is 16.2. The van der Waals surface area contributed by atoms with Gasteiger partial charge in [-0.2, -0.15) is 0 Å². The highest BCUT2D eigenvalue weighted by Crippen LogP contribution is 2.41. The largest absolute Gasteiger partial charge is 0.341 e. The summed E-state index contributed by atoms with van der Waals surface area (Å²) < 4.78 is 0. The molecule has 1 saturated carbocycles. The number of amides is 1. The van der Waals surface area contributed by atoms with Crippen molar-refractivity contribution in [3.05, 3.63) is 35.9 Å². The average Bonchev–Trinajstić information content (AvgIpc) is 2.93. The summed E-state index contributed by atoms with van der Waals surface area (Å²) in [6, 6.07) is 10.6. The van der Waals surface area contributed by atoms with Gasteiger partial charge in [-0.1, -0.05) is 30.3 Å². The zero-order chi connectivity index (χ0) is 11.8. The maximum absolute atomic E-state index is 12.3. The molecule has 90 valence electrons. The van der Waals surface area contributed by atoms with Crippen LogP contribution in [-0.4, -0.2) is 30.4 Å². The SMILES string of the molecule is CN(Cc1ccccc1)C(=O)C1C2CNC1C2. The summed E-state index contributed by atoms with van der Waals surface area (Å²) in [5.41, 5.74) is 1.20. The molecule has 4 rings (SSSR count). The van der Waals surface area contributed by atoms with Gasteiger partial charge in [-0.15, -0.1) is 0 Å². The molecule has 3 heteroatoms. The maximum Gasteiger partial charge on any atom is 0.227 e. The smallest absolute Gasteiger partial charge is 0.227 e. The maximum atomic E-state index is 12.3. The summed E-state index contributed by atoms with van der Waals surface area (Å²) >= 11 is 0. The van der Waals surface area contributed by atoms with E-state index in [2.05, 4.69) is 17.4 Å². The molecule has 2 bridgehead atoms. The van der Waals surface area contributed by atoms with E-state index in [-0.39, 0.29) is 5.92 Å². The van der Waals surface area contributed by atoms with E-state index in [4.69, 9.17) is 0 Å². The Morgan fingerprint density at radius 3 is 2.76 bits per heavy atom. The zero-order valence-corrected chi connectivity index (χ0v) is 10.1. The van der Waals surface area contributed by atoms with Crippen LogP contribution < -0.4 is 5.32 Å². The molecule has 1 aromatic carbocycles. The number of benzene rings is 1. The minimum atomic E-state index is 0.240. The predicted molar refractivity (Wildman–Crippen MR) is 66.3 cm³/mol. The van der Waals surface area contributed by atoms with Crippen LogP contribution in [0, 0.1) is 11.8 Å². The van der Waals surface area contributed by atoms with E-state index in [1.165, 1.54) is 12.0 Å². The van der Waals surface area contributed by atoms with E-state index in [0.29, 0.717) is 17.9 Å². The molecular weight excluding hydrogens is 212 g/mol. The molecule has 0 aromatic heterocycles. The summed E-state index contributed by atoms with van der Waals surface area (Å²) in [5.74, 6) is 1.13. The molecule has 1 aromatic rings. The van der Waals surface area contributed by atoms with Crippen LogP contribution in [0.1, 0.15) is 12.0 Å². The third-order valence-corrected chi connectivity index (χ3v) is 4.06. The fourth-order valence-corrected chi connectivity index (χ4v) is 3.04. The van der Waals surface area contributed by atoms with Crippen LogP contribution >= 0.6 is 0 Å². The average molecular weight is 230 g/mol. The molecule has 1 N–H and O–H groups in total. The van der Waals surface area contributed by atoms with Gasteiger partial charge in [0.15, 0.2) is 0 Å². The fourth-order valence-electron chi connectivity index (χ4n) is 3.04. The molecule has 3 aliphatic rings. The Kier molecular flexibility index (Phi) is 2.63. The Hall–Kier alpha value is -1.35. The lowest BCUT2D eigenvalue weighted by Crippen LogP contribution is -2.47. The van der Waals surface area contributed by atoms with Crippen LogP contribution in [0.15, 0.2) is 30.3 Å². The predicted octanol–water partition coefficient (Wildman–Crippen LogP) is 1.25. The van der Waals surface area contributed by atoms with Crippen LogP contribution in [0.3, 0.4) is 0 Å².